The molecule has 0 aliphatic carbocycles. The Morgan fingerprint density at radius 3 is 2.55 bits per heavy atom. The first-order valence-electron chi connectivity index (χ1n) is 6.48. The molecule has 0 saturated heterocycles. The molecular formula is C15H19N3OS. The summed E-state index contributed by atoms with van der Waals surface area (Å²) in [7, 11) is 0. The quantitative estimate of drug-likeness (QED) is 0.807. The lowest BCUT2D eigenvalue weighted by Crippen LogP contribution is -2.28. The zero-order chi connectivity index (χ0) is 14.5. The molecule has 1 heterocycles. The molecule has 0 saturated carbocycles. The van der Waals surface area contributed by atoms with Crippen LogP contribution in [0.5, 0.6) is 0 Å². The van der Waals surface area contributed by atoms with Crippen molar-refractivity contribution in [2.24, 2.45) is 5.73 Å². The Morgan fingerprint density at radius 2 is 2.00 bits per heavy atom. The van der Waals surface area contributed by atoms with E-state index in [1.807, 2.05) is 43.5 Å². The summed E-state index contributed by atoms with van der Waals surface area (Å²) >= 11 is 1.64. The van der Waals surface area contributed by atoms with Gasteiger partial charge in [-0.1, -0.05) is 12.1 Å². The zero-order valence-electron chi connectivity index (χ0n) is 11.6. The molecule has 0 fully saturated rings. The Hall–Kier alpha value is -1.85. The highest BCUT2D eigenvalue weighted by atomic mass is 32.1. The lowest BCUT2D eigenvalue weighted by molar-refractivity contribution is 0.251. The largest absolute Gasteiger partial charge is 0.334 e. The summed E-state index contributed by atoms with van der Waals surface area (Å²) in [5.74, 6) is 0. The van der Waals surface area contributed by atoms with Crippen molar-refractivity contribution < 1.29 is 4.79 Å². The van der Waals surface area contributed by atoms with E-state index in [0.717, 1.165) is 16.8 Å². The average Bonchev–Trinajstić information content (AvgIpc) is 2.82. The fraction of sp³-hybridized carbons (Fsp3) is 0.267. The molecule has 1 atom stereocenters. The van der Waals surface area contributed by atoms with E-state index in [1.54, 1.807) is 11.3 Å². The molecular weight excluding hydrogens is 270 g/mol. The predicted octanol–water partition coefficient (Wildman–Crippen LogP) is 3.40. The lowest BCUT2D eigenvalue weighted by atomic mass is 10.1. The van der Waals surface area contributed by atoms with Crippen LogP contribution in [0.2, 0.25) is 0 Å². The van der Waals surface area contributed by atoms with Crippen molar-refractivity contribution in [1.29, 1.82) is 0 Å². The minimum atomic E-state index is -0.204. The molecule has 0 spiro atoms. The molecule has 2 aromatic rings. The van der Waals surface area contributed by atoms with Crippen LogP contribution in [0.4, 0.5) is 10.5 Å². The number of carbonyl (C=O) groups is 1. The van der Waals surface area contributed by atoms with Gasteiger partial charge < -0.3 is 16.4 Å². The highest BCUT2D eigenvalue weighted by Gasteiger charge is 2.05. The van der Waals surface area contributed by atoms with Gasteiger partial charge in [0.1, 0.15) is 0 Å². The molecule has 20 heavy (non-hydrogen) atoms. The Kier molecular flexibility index (Phi) is 4.76. The third-order valence-electron chi connectivity index (χ3n) is 3.10. The summed E-state index contributed by atoms with van der Waals surface area (Å²) in [6, 6.07) is 7.35. The molecule has 1 aromatic heterocycles. The van der Waals surface area contributed by atoms with Crippen molar-refractivity contribution in [2.75, 3.05) is 5.32 Å². The van der Waals surface area contributed by atoms with Crippen molar-refractivity contribution in [3.63, 3.8) is 0 Å². The van der Waals surface area contributed by atoms with Gasteiger partial charge in [-0.15, -0.1) is 0 Å². The van der Waals surface area contributed by atoms with E-state index in [0.29, 0.717) is 6.54 Å². The predicted molar refractivity (Wildman–Crippen MR) is 84.0 cm³/mol. The number of hydrogen-bond donors (Lipinski definition) is 3. The monoisotopic (exact) mass is 289 g/mol. The van der Waals surface area contributed by atoms with Crippen LogP contribution < -0.4 is 16.4 Å². The molecule has 2 amide bonds. The molecule has 0 radical (unpaired) electrons. The number of nitrogens with one attached hydrogen (secondary N) is 2. The Labute approximate surface area is 123 Å². The number of urea groups is 1. The van der Waals surface area contributed by atoms with E-state index >= 15 is 0 Å². The van der Waals surface area contributed by atoms with Crippen LogP contribution in [0.25, 0.3) is 0 Å². The number of nitrogens with two attached hydrogens (primary N) is 1. The molecule has 0 aliphatic heterocycles. The average molecular weight is 289 g/mol. The number of thiophene rings is 1. The van der Waals surface area contributed by atoms with Gasteiger partial charge in [0.25, 0.3) is 0 Å². The molecule has 1 unspecified atom stereocenters. The van der Waals surface area contributed by atoms with Crippen molar-refractivity contribution in [3.8, 4) is 0 Å². The number of carbonyl (C=O) groups excluding carboxylic acids is 1. The Balaban J connectivity index is 1.86. The van der Waals surface area contributed by atoms with Crippen LogP contribution in [0, 0.1) is 6.92 Å². The molecule has 4 N–H and O–H groups in total. The number of hydrogen-bond acceptors (Lipinski definition) is 3. The smallest absolute Gasteiger partial charge is 0.319 e. The third-order valence-corrected chi connectivity index (χ3v) is 4.01. The topological polar surface area (TPSA) is 67.2 Å². The molecule has 1 aromatic carbocycles. The van der Waals surface area contributed by atoms with Crippen LogP contribution in [-0.2, 0) is 6.54 Å². The van der Waals surface area contributed by atoms with E-state index in [-0.39, 0.29) is 12.1 Å². The van der Waals surface area contributed by atoms with Gasteiger partial charge in [-0.05, 0) is 53.4 Å². The Bertz CT molecular complexity index is 575. The van der Waals surface area contributed by atoms with Gasteiger partial charge in [-0.25, -0.2) is 4.79 Å². The minimum Gasteiger partial charge on any atom is -0.334 e. The van der Waals surface area contributed by atoms with Gasteiger partial charge in [0.05, 0.1) is 0 Å². The molecule has 106 valence electrons. The van der Waals surface area contributed by atoms with Crippen molar-refractivity contribution in [1.82, 2.24) is 5.32 Å². The fourth-order valence-electron chi connectivity index (χ4n) is 1.79. The first-order valence-corrected chi connectivity index (χ1v) is 7.42. The van der Waals surface area contributed by atoms with E-state index in [9.17, 15) is 4.79 Å². The van der Waals surface area contributed by atoms with Crippen molar-refractivity contribution in [2.45, 2.75) is 26.4 Å². The van der Waals surface area contributed by atoms with Gasteiger partial charge in [-0.2, -0.15) is 11.3 Å². The summed E-state index contributed by atoms with van der Waals surface area (Å²) in [4.78, 5) is 11.8. The summed E-state index contributed by atoms with van der Waals surface area (Å²) in [5, 5.41) is 9.77. The van der Waals surface area contributed by atoms with Crippen LogP contribution in [0.3, 0.4) is 0 Å². The van der Waals surface area contributed by atoms with E-state index in [2.05, 4.69) is 16.0 Å². The summed E-state index contributed by atoms with van der Waals surface area (Å²) in [6.45, 7) is 4.51. The van der Waals surface area contributed by atoms with Gasteiger partial charge in [0.2, 0.25) is 0 Å². The minimum absolute atomic E-state index is 0.000516. The second kappa shape index (κ2) is 6.54. The summed E-state index contributed by atoms with van der Waals surface area (Å²) < 4.78 is 0. The van der Waals surface area contributed by atoms with Gasteiger partial charge in [0, 0.05) is 18.3 Å². The second-order valence-electron chi connectivity index (χ2n) is 4.80. The zero-order valence-corrected chi connectivity index (χ0v) is 12.5. The van der Waals surface area contributed by atoms with E-state index in [4.69, 9.17) is 5.73 Å². The number of aryl methyl sites for hydroxylation is 1. The van der Waals surface area contributed by atoms with E-state index < -0.39 is 0 Å². The van der Waals surface area contributed by atoms with Crippen LogP contribution in [0.1, 0.15) is 29.7 Å². The van der Waals surface area contributed by atoms with Crippen molar-refractivity contribution in [3.05, 3.63) is 51.7 Å². The highest BCUT2D eigenvalue weighted by Crippen LogP contribution is 2.15. The van der Waals surface area contributed by atoms with Gasteiger partial charge >= 0.3 is 6.03 Å². The van der Waals surface area contributed by atoms with Crippen molar-refractivity contribution >= 4 is 23.1 Å². The van der Waals surface area contributed by atoms with Crippen LogP contribution in [-0.4, -0.2) is 6.03 Å². The third kappa shape index (κ3) is 3.82. The first-order chi connectivity index (χ1) is 9.56. The Morgan fingerprint density at radius 1 is 1.30 bits per heavy atom. The molecule has 4 nitrogen and oxygen atoms in total. The standard InChI is InChI=1S/C15H19N3OS/c1-10-8-20-9-13(10)7-17-15(19)18-14-5-3-12(4-6-14)11(2)16/h3-6,8-9,11H,7,16H2,1-2H3,(H2,17,18,19). The molecule has 0 bridgehead atoms. The maximum Gasteiger partial charge on any atom is 0.319 e. The maximum atomic E-state index is 11.8. The number of anilines is 1. The molecule has 2 rings (SSSR count). The van der Waals surface area contributed by atoms with Gasteiger partial charge in [-0.3, -0.25) is 0 Å². The number of benzene rings is 1. The van der Waals surface area contributed by atoms with Gasteiger partial charge in [0.15, 0.2) is 0 Å². The van der Waals surface area contributed by atoms with Crippen LogP contribution in [0.15, 0.2) is 35.0 Å². The fourth-order valence-corrected chi connectivity index (χ4v) is 2.65. The SMILES string of the molecule is Cc1cscc1CNC(=O)Nc1ccc(C(C)N)cc1. The first kappa shape index (κ1) is 14.6. The van der Waals surface area contributed by atoms with E-state index in [1.165, 1.54) is 5.56 Å². The number of rotatable bonds is 4. The lowest BCUT2D eigenvalue weighted by Gasteiger charge is -2.09. The highest BCUT2D eigenvalue weighted by molar-refractivity contribution is 7.08. The maximum absolute atomic E-state index is 11.8. The normalized spacial score (nSPS) is 11.9. The molecule has 0 aliphatic rings. The number of amides is 2. The summed E-state index contributed by atoms with van der Waals surface area (Å²) in [5.41, 5.74) is 9.94. The summed E-state index contributed by atoms with van der Waals surface area (Å²) in [6.07, 6.45) is 0. The van der Waals surface area contributed by atoms with Crippen LogP contribution >= 0.6 is 11.3 Å². The molecule has 5 heteroatoms. The second-order valence-corrected chi connectivity index (χ2v) is 5.54.